The van der Waals surface area contributed by atoms with Crippen LogP contribution in [0.15, 0.2) is 54.6 Å². The third-order valence-corrected chi connectivity index (χ3v) is 5.47. The number of aryl methyl sites for hydroxylation is 1. The third kappa shape index (κ3) is 3.71. The Labute approximate surface area is 162 Å². The molecular weight excluding hydrogens is 358 g/mol. The summed E-state index contributed by atoms with van der Waals surface area (Å²) in [4.78, 5) is 12.8. The van der Waals surface area contributed by atoms with Gasteiger partial charge in [-0.1, -0.05) is 35.9 Å². The molecule has 4 rings (SSSR count). The molecule has 3 aromatic rings. The summed E-state index contributed by atoms with van der Waals surface area (Å²) in [6.45, 7) is 3.80. The number of aromatic nitrogens is 2. The van der Waals surface area contributed by atoms with E-state index in [0.29, 0.717) is 5.75 Å². The number of thioether (sulfide) groups is 1. The third-order valence-electron chi connectivity index (χ3n) is 4.50. The second-order valence-corrected chi connectivity index (χ2v) is 7.56. The summed E-state index contributed by atoms with van der Waals surface area (Å²) in [5.41, 5.74) is 4.25. The Morgan fingerprint density at radius 1 is 1.15 bits per heavy atom. The highest BCUT2D eigenvalue weighted by molar-refractivity contribution is 7.98. The maximum atomic E-state index is 12.8. The van der Waals surface area contributed by atoms with Gasteiger partial charge in [-0.15, -0.1) is 0 Å². The Hall–Kier alpha value is -2.73. The van der Waals surface area contributed by atoms with Crippen molar-refractivity contribution in [2.45, 2.75) is 31.5 Å². The van der Waals surface area contributed by atoms with Crippen LogP contribution in [0.1, 0.15) is 23.7 Å². The highest BCUT2D eigenvalue weighted by Gasteiger charge is 2.26. The fourth-order valence-electron chi connectivity index (χ4n) is 2.99. The number of nitrogens with one attached hydrogen (secondary N) is 1. The normalized spacial score (nSPS) is 13.9. The molecule has 0 saturated heterocycles. The predicted molar refractivity (Wildman–Crippen MR) is 108 cm³/mol. The summed E-state index contributed by atoms with van der Waals surface area (Å²) in [6.07, 6.45) is -0.613. The summed E-state index contributed by atoms with van der Waals surface area (Å²) < 4.78 is 7.59. The van der Waals surface area contributed by atoms with Gasteiger partial charge in [-0.3, -0.25) is 4.79 Å². The van der Waals surface area contributed by atoms with Crippen LogP contribution in [-0.2, 0) is 16.3 Å². The Morgan fingerprint density at radius 3 is 2.63 bits per heavy atom. The van der Waals surface area contributed by atoms with Gasteiger partial charge < -0.3 is 10.1 Å². The lowest BCUT2D eigenvalue weighted by atomic mass is 10.2. The van der Waals surface area contributed by atoms with Gasteiger partial charge in [-0.05, 0) is 38.1 Å². The van der Waals surface area contributed by atoms with Crippen molar-refractivity contribution >= 4 is 23.5 Å². The summed E-state index contributed by atoms with van der Waals surface area (Å²) in [6, 6.07) is 17.5. The van der Waals surface area contributed by atoms with Gasteiger partial charge in [-0.25, -0.2) is 4.68 Å². The number of carbonyl (C=O) groups excluding carboxylic acids is 1. The minimum Gasteiger partial charge on any atom is -0.481 e. The number of fused-ring (bicyclic) bond motifs is 1. The second kappa shape index (κ2) is 7.48. The zero-order valence-corrected chi connectivity index (χ0v) is 16.1. The molecule has 1 amide bonds. The van der Waals surface area contributed by atoms with Crippen molar-refractivity contribution in [2.24, 2.45) is 0 Å². The number of rotatable bonds is 5. The van der Waals surface area contributed by atoms with E-state index in [1.165, 1.54) is 5.56 Å². The van der Waals surface area contributed by atoms with E-state index >= 15 is 0 Å². The average molecular weight is 379 g/mol. The molecule has 1 aliphatic heterocycles. The highest BCUT2D eigenvalue weighted by atomic mass is 32.2. The van der Waals surface area contributed by atoms with Gasteiger partial charge in [0.25, 0.3) is 5.91 Å². The fraction of sp³-hybridized carbons (Fsp3) is 0.238. The molecule has 27 heavy (non-hydrogen) atoms. The number of hydrogen-bond acceptors (Lipinski definition) is 4. The molecule has 0 fully saturated rings. The Kier molecular flexibility index (Phi) is 4.90. The number of carbonyl (C=O) groups is 1. The van der Waals surface area contributed by atoms with Crippen molar-refractivity contribution in [3.63, 3.8) is 0 Å². The van der Waals surface area contributed by atoms with Gasteiger partial charge in [0.1, 0.15) is 11.6 Å². The first kappa shape index (κ1) is 17.7. The van der Waals surface area contributed by atoms with Crippen molar-refractivity contribution in [1.29, 1.82) is 0 Å². The molecule has 1 unspecified atom stereocenters. The molecule has 0 saturated carbocycles. The van der Waals surface area contributed by atoms with E-state index < -0.39 is 6.10 Å². The highest BCUT2D eigenvalue weighted by Crippen LogP contribution is 2.36. The molecule has 2 aromatic carbocycles. The molecule has 2 heterocycles. The van der Waals surface area contributed by atoms with Crippen LogP contribution in [0.3, 0.4) is 0 Å². The van der Waals surface area contributed by atoms with Crippen LogP contribution in [0, 0.1) is 6.92 Å². The zero-order chi connectivity index (χ0) is 18.8. The van der Waals surface area contributed by atoms with E-state index in [2.05, 4.69) is 12.2 Å². The summed E-state index contributed by atoms with van der Waals surface area (Å²) >= 11 is 1.81. The van der Waals surface area contributed by atoms with E-state index in [0.717, 1.165) is 34.3 Å². The van der Waals surface area contributed by atoms with Gasteiger partial charge in [-0.2, -0.15) is 16.9 Å². The first-order valence-electron chi connectivity index (χ1n) is 8.90. The minimum absolute atomic E-state index is 0.188. The Morgan fingerprint density at radius 2 is 1.89 bits per heavy atom. The monoisotopic (exact) mass is 379 g/mol. The van der Waals surface area contributed by atoms with Crippen molar-refractivity contribution in [3.05, 3.63) is 71.4 Å². The summed E-state index contributed by atoms with van der Waals surface area (Å²) in [7, 11) is 0. The zero-order valence-electron chi connectivity index (χ0n) is 15.3. The number of anilines is 1. The van der Waals surface area contributed by atoms with Crippen molar-refractivity contribution in [3.8, 4) is 11.4 Å². The molecule has 1 aromatic heterocycles. The lowest BCUT2D eigenvalue weighted by molar-refractivity contribution is -0.122. The van der Waals surface area contributed by atoms with E-state index in [1.54, 1.807) is 6.92 Å². The standard InChI is InChI=1S/C21H21N3O2S/c1-14-8-10-16(11-9-14)24-20(18-12-27-13-19(18)23-24)22-21(25)15(2)26-17-6-4-3-5-7-17/h3-11,15H,12-13H2,1-2H3,(H,22,25). The minimum atomic E-state index is -0.613. The molecular formula is C21H21N3O2S. The summed E-state index contributed by atoms with van der Waals surface area (Å²) in [5, 5.41) is 7.77. The first-order chi connectivity index (χ1) is 13.1. The molecule has 6 heteroatoms. The number of ether oxygens (including phenoxy) is 1. The molecule has 5 nitrogen and oxygen atoms in total. The first-order valence-corrected chi connectivity index (χ1v) is 10.1. The smallest absolute Gasteiger partial charge is 0.266 e. The number of amides is 1. The van der Waals surface area contributed by atoms with Gasteiger partial charge >= 0.3 is 0 Å². The Bertz CT molecular complexity index is 952. The fourth-order valence-corrected chi connectivity index (χ4v) is 4.02. The summed E-state index contributed by atoms with van der Waals surface area (Å²) in [5.74, 6) is 2.95. The number of para-hydroxylation sites is 1. The maximum absolute atomic E-state index is 12.8. The van der Waals surface area contributed by atoms with E-state index in [1.807, 2.05) is 71.0 Å². The van der Waals surface area contributed by atoms with Crippen LogP contribution in [0.25, 0.3) is 5.69 Å². The molecule has 1 aliphatic rings. The van der Waals surface area contributed by atoms with Crippen molar-refractivity contribution in [2.75, 3.05) is 5.32 Å². The van der Waals surface area contributed by atoms with Gasteiger partial charge in [0, 0.05) is 17.1 Å². The number of nitrogens with zero attached hydrogens (tertiary/aromatic N) is 2. The molecule has 0 radical (unpaired) electrons. The van der Waals surface area contributed by atoms with Gasteiger partial charge in [0.2, 0.25) is 0 Å². The SMILES string of the molecule is Cc1ccc(-n2nc3c(c2NC(=O)C(C)Oc2ccccc2)CSC3)cc1. The van der Waals surface area contributed by atoms with Crippen LogP contribution < -0.4 is 10.1 Å². The lowest BCUT2D eigenvalue weighted by Gasteiger charge is -2.16. The second-order valence-electron chi connectivity index (χ2n) is 6.58. The number of hydrogen-bond donors (Lipinski definition) is 1. The molecule has 1 atom stereocenters. The molecule has 138 valence electrons. The molecule has 0 aliphatic carbocycles. The Balaban J connectivity index is 1.59. The number of benzene rings is 2. The van der Waals surface area contributed by atoms with Crippen molar-refractivity contribution in [1.82, 2.24) is 9.78 Å². The van der Waals surface area contributed by atoms with E-state index in [-0.39, 0.29) is 5.91 Å². The maximum Gasteiger partial charge on any atom is 0.266 e. The van der Waals surface area contributed by atoms with E-state index in [9.17, 15) is 4.79 Å². The van der Waals surface area contributed by atoms with Crippen LogP contribution >= 0.6 is 11.8 Å². The molecule has 0 spiro atoms. The average Bonchev–Trinajstić information content (AvgIpc) is 3.26. The molecule has 1 N–H and O–H groups in total. The quantitative estimate of drug-likeness (QED) is 0.717. The van der Waals surface area contributed by atoms with Crippen LogP contribution in [0.2, 0.25) is 0 Å². The predicted octanol–water partition coefficient (Wildman–Crippen LogP) is 4.33. The van der Waals surface area contributed by atoms with Gasteiger partial charge in [0.15, 0.2) is 6.10 Å². The van der Waals surface area contributed by atoms with Crippen LogP contribution in [0.4, 0.5) is 5.82 Å². The largest absolute Gasteiger partial charge is 0.481 e. The van der Waals surface area contributed by atoms with Gasteiger partial charge in [0.05, 0.1) is 11.4 Å². The topological polar surface area (TPSA) is 56.2 Å². The van der Waals surface area contributed by atoms with E-state index in [4.69, 9.17) is 9.84 Å². The lowest BCUT2D eigenvalue weighted by Crippen LogP contribution is -2.31. The van der Waals surface area contributed by atoms with Crippen LogP contribution in [-0.4, -0.2) is 21.8 Å². The van der Waals surface area contributed by atoms with Crippen LogP contribution in [0.5, 0.6) is 5.75 Å². The molecule has 0 bridgehead atoms. The van der Waals surface area contributed by atoms with Crippen molar-refractivity contribution < 1.29 is 9.53 Å².